The molecule has 0 aromatic heterocycles. The van der Waals surface area contributed by atoms with Crippen molar-refractivity contribution < 1.29 is 24.2 Å². The summed E-state index contributed by atoms with van der Waals surface area (Å²) < 4.78 is 10.0. The van der Waals surface area contributed by atoms with Crippen molar-refractivity contribution in [3.8, 4) is 0 Å². The van der Waals surface area contributed by atoms with Crippen LogP contribution in [0.25, 0.3) is 0 Å². The lowest BCUT2D eigenvalue weighted by Crippen LogP contribution is -2.46. The fraction of sp³-hybridized carbons (Fsp3) is 0.385. The van der Waals surface area contributed by atoms with Crippen molar-refractivity contribution in [3.63, 3.8) is 0 Å². The summed E-state index contributed by atoms with van der Waals surface area (Å²) in [5.41, 5.74) is 0.851. The molecule has 0 aliphatic rings. The number of carbonyl (C=O) groups excluding carboxylic acids is 1. The standard InChI is InChI=1S/C13H17NO5/c1-9(14-13(16)17)11(18-2)12(15)19-8-10-6-4-3-5-7-10/h3-7,9,11,14H,8H2,1-2H3,(H,16,17)/t9?,11-/m0/s1. The van der Waals surface area contributed by atoms with E-state index in [1.165, 1.54) is 14.0 Å². The van der Waals surface area contributed by atoms with E-state index < -0.39 is 24.2 Å². The number of methoxy groups -OCH3 is 1. The van der Waals surface area contributed by atoms with Gasteiger partial charge in [0.2, 0.25) is 0 Å². The van der Waals surface area contributed by atoms with Gasteiger partial charge in [-0.05, 0) is 12.5 Å². The summed E-state index contributed by atoms with van der Waals surface area (Å²) in [6.45, 7) is 1.66. The number of amides is 1. The van der Waals surface area contributed by atoms with Crippen LogP contribution >= 0.6 is 0 Å². The SMILES string of the molecule is CO[C@H](C(=O)OCc1ccccc1)C(C)NC(=O)O. The molecule has 0 saturated carbocycles. The van der Waals surface area contributed by atoms with Crippen LogP contribution in [0.2, 0.25) is 0 Å². The molecule has 0 radical (unpaired) electrons. The Bertz CT molecular complexity index is 420. The number of benzene rings is 1. The van der Waals surface area contributed by atoms with E-state index in [0.29, 0.717) is 0 Å². The van der Waals surface area contributed by atoms with Crippen LogP contribution < -0.4 is 5.32 Å². The summed E-state index contributed by atoms with van der Waals surface area (Å²) in [5.74, 6) is -0.604. The second-order valence-corrected chi connectivity index (χ2v) is 3.99. The van der Waals surface area contributed by atoms with Crippen LogP contribution in [0.5, 0.6) is 0 Å². The lowest BCUT2D eigenvalue weighted by atomic mass is 10.2. The van der Waals surface area contributed by atoms with Gasteiger partial charge in [-0.25, -0.2) is 9.59 Å². The van der Waals surface area contributed by atoms with Gasteiger partial charge in [-0.3, -0.25) is 0 Å². The van der Waals surface area contributed by atoms with Gasteiger partial charge in [-0.1, -0.05) is 30.3 Å². The predicted octanol–water partition coefficient (Wildman–Crippen LogP) is 1.40. The van der Waals surface area contributed by atoms with Crippen LogP contribution in [0.4, 0.5) is 4.79 Å². The summed E-state index contributed by atoms with van der Waals surface area (Å²) in [4.78, 5) is 22.3. The maximum absolute atomic E-state index is 11.8. The van der Waals surface area contributed by atoms with Gasteiger partial charge in [0.05, 0.1) is 6.04 Å². The van der Waals surface area contributed by atoms with E-state index in [0.717, 1.165) is 5.56 Å². The van der Waals surface area contributed by atoms with Crippen molar-refractivity contribution in [2.45, 2.75) is 25.7 Å². The van der Waals surface area contributed by atoms with Gasteiger partial charge >= 0.3 is 12.1 Å². The monoisotopic (exact) mass is 267 g/mol. The fourth-order valence-electron chi connectivity index (χ4n) is 1.59. The van der Waals surface area contributed by atoms with E-state index in [1.807, 2.05) is 30.3 Å². The Morgan fingerprint density at radius 2 is 1.95 bits per heavy atom. The Kier molecular flexibility index (Phi) is 5.81. The topological polar surface area (TPSA) is 84.9 Å². The number of ether oxygens (including phenoxy) is 2. The molecule has 1 amide bonds. The lowest BCUT2D eigenvalue weighted by molar-refractivity contribution is -0.158. The molecule has 1 unspecified atom stereocenters. The van der Waals surface area contributed by atoms with Crippen molar-refractivity contribution in [2.24, 2.45) is 0 Å². The third kappa shape index (κ3) is 4.97. The Labute approximate surface area is 111 Å². The van der Waals surface area contributed by atoms with Crippen molar-refractivity contribution in [3.05, 3.63) is 35.9 Å². The van der Waals surface area contributed by atoms with Crippen molar-refractivity contribution in [2.75, 3.05) is 7.11 Å². The minimum Gasteiger partial charge on any atom is -0.465 e. The fourth-order valence-corrected chi connectivity index (χ4v) is 1.59. The van der Waals surface area contributed by atoms with Gasteiger partial charge in [-0.15, -0.1) is 0 Å². The molecule has 1 rings (SSSR count). The highest BCUT2D eigenvalue weighted by molar-refractivity contribution is 5.76. The molecule has 0 bridgehead atoms. The summed E-state index contributed by atoms with van der Waals surface area (Å²) in [6.07, 6.45) is -2.19. The number of hydrogen-bond donors (Lipinski definition) is 2. The zero-order chi connectivity index (χ0) is 14.3. The molecule has 1 aromatic carbocycles. The second kappa shape index (κ2) is 7.38. The van der Waals surface area contributed by atoms with E-state index in [-0.39, 0.29) is 6.61 Å². The van der Waals surface area contributed by atoms with Crippen LogP contribution in [0.15, 0.2) is 30.3 Å². The zero-order valence-electron chi connectivity index (χ0n) is 10.8. The first-order valence-electron chi connectivity index (χ1n) is 5.77. The van der Waals surface area contributed by atoms with Crippen molar-refractivity contribution in [1.82, 2.24) is 5.32 Å². The van der Waals surface area contributed by atoms with Gasteiger partial charge in [0.15, 0.2) is 6.10 Å². The van der Waals surface area contributed by atoms with Gasteiger partial charge in [0, 0.05) is 7.11 Å². The second-order valence-electron chi connectivity index (χ2n) is 3.99. The summed E-state index contributed by atoms with van der Waals surface area (Å²) in [5, 5.41) is 10.8. The highest BCUT2D eigenvalue weighted by Crippen LogP contribution is 2.06. The highest BCUT2D eigenvalue weighted by Gasteiger charge is 2.27. The molecule has 6 nitrogen and oxygen atoms in total. The molecule has 0 heterocycles. The first kappa shape index (κ1) is 15.0. The smallest absolute Gasteiger partial charge is 0.404 e. The van der Waals surface area contributed by atoms with Crippen LogP contribution in [-0.4, -0.2) is 36.4 Å². The zero-order valence-corrected chi connectivity index (χ0v) is 10.8. The predicted molar refractivity (Wildman–Crippen MR) is 67.7 cm³/mol. The van der Waals surface area contributed by atoms with Gasteiger partial charge in [0.25, 0.3) is 0 Å². The number of carbonyl (C=O) groups is 2. The molecule has 1 aromatic rings. The maximum atomic E-state index is 11.8. The first-order valence-corrected chi connectivity index (χ1v) is 5.77. The minimum absolute atomic E-state index is 0.124. The first-order chi connectivity index (χ1) is 9.04. The van der Waals surface area contributed by atoms with Crippen LogP contribution in [0, 0.1) is 0 Å². The van der Waals surface area contributed by atoms with E-state index in [2.05, 4.69) is 5.32 Å². The number of carboxylic acid groups (broad SMARTS) is 1. The summed E-state index contributed by atoms with van der Waals surface area (Å²) in [6, 6.07) is 8.51. The molecule has 0 aliphatic carbocycles. The van der Waals surface area contributed by atoms with Crippen LogP contribution in [-0.2, 0) is 20.9 Å². The average molecular weight is 267 g/mol. The Balaban J connectivity index is 2.52. The maximum Gasteiger partial charge on any atom is 0.404 e. The van der Waals surface area contributed by atoms with Gasteiger partial charge in [-0.2, -0.15) is 0 Å². The molecule has 0 spiro atoms. The summed E-state index contributed by atoms with van der Waals surface area (Å²) >= 11 is 0. The van der Waals surface area contributed by atoms with Crippen LogP contribution in [0.1, 0.15) is 12.5 Å². The van der Waals surface area contributed by atoms with Gasteiger partial charge in [0.1, 0.15) is 6.61 Å². The van der Waals surface area contributed by atoms with E-state index >= 15 is 0 Å². The Morgan fingerprint density at radius 1 is 1.32 bits per heavy atom. The van der Waals surface area contributed by atoms with Gasteiger partial charge < -0.3 is 19.9 Å². The van der Waals surface area contributed by atoms with E-state index in [4.69, 9.17) is 14.6 Å². The van der Waals surface area contributed by atoms with Crippen molar-refractivity contribution >= 4 is 12.1 Å². The third-order valence-electron chi connectivity index (χ3n) is 2.52. The molecule has 2 N–H and O–H groups in total. The Hall–Kier alpha value is -2.08. The molecule has 6 heteroatoms. The molecule has 19 heavy (non-hydrogen) atoms. The minimum atomic E-state index is -1.22. The average Bonchev–Trinajstić information content (AvgIpc) is 2.37. The largest absolute Gasteiger partial charge is 0.465 e. The molecular weight excluding hydrogens is 250 g/mol. The molecule has 0 saturated heterocycles. The quantitative estimate of drug-likeness (QED) is 0.761. The molecule has 0 aliphatic heterocycles. The number of hydrogen-bond acceptors (Lipinski definition) is 4. The number of nitrogens with one attached hydrogen (secondary N) is 1. The molecule has 2 atom stereocenters. The lowest BCUT2D eigenvalue weighted by Gasteiger charge is -2.20. The highest BCUT2D eigenvalue weighted by atomic mass is 16.6. The molecular formula is C13H17NO5. The Morgan fingerprint density at radius 3 is 2.47 bits per heavy atom. The van der Waals surface area contributed by atoms with E-state index in [9.17, 15) is 9.59 Å². The van der Waals surface area contributed by atoms with Crippen molar-refractivity contribution in [1.29, 1.82) is 0 Å². The summed E-state index contributed by atoms with van der Waals surface area (Å²) in [7, 11) is 1.33. The number of rotatable bonds is 6. The third-order valence-corrected chi connectivity index (χ3v) is 2.52. The normalized spacial score (nSPS) is 13.4. The molecule has 0 fully saturated rings. The molecule has 104 valence electrons. The van der Waals surface area contributed by atoms with Crippen LogP contribution in [0.3, 0.4) is 0 Å². The number of esters is 1. The van der Waals surface area contributed by atoms with E-state index in [1.54, 1.807) is 0 Å².